The highest BCUT2D eigenvalue weighted by molar-refractivity contribution is 5.88. The van der Waals surface area contributed by atoms with E-state index < -0.39 is 30.1 Å². The van der Waals surface area contributed by atoms with E-state index in [-0.39, 0.29) is 0 Å². The minimum absolute atomic E-state index is 0.416. The molecule has 1 heterocycles. The fraction of sp³-hybridized carbons (Fsp3) is 0.364. The topological polar surface area (TPSA) is 88.1 Å². The number of ether oxygens (including phenoxy) is 2. The molecule has 0 spiro atoms. The first-order valence-corrected chi connectivity index (χ1v) is 9.57. The highest BCUT2D eigenvalue weighted by Gasteiger charge is 2.40. The minimum Gasteiger partial charge on any atom is -0.497 e. The molecule has 0 aromatic heterocycles. The van der Waals surface area contributed by atoms with E-state index in [4.69, 9.17) is 9.47 Å². The van der Waals surface area contributed by atoms with Gasteiger partial charge in [0.25, 0.3) is 5.91 Å². The molecule has 2 aromatic rings. The first-order chi connectivity index (χ1) is 14.0. The third kappa shape index (κ3) is 4.68. The number of hydrogen-bond acceptors (Lipinski definition) is 6. The van der Waals surface area contributed by atoms with Crippen LogP contribution >= 0.6 is 0 Å². The van der Waals surface area contributed by atoms with Crippen molar-refractivity contribution in [3.05, 3.63) is 60.2 Å². The van der Waals surface area contributed by atoms with Crippen molar-refractivity contribution in [1.29, 1.82) is 0 Å². The number of methoxy groups -OCH3 is 2. The van der Waals surface area contributed by atoms with Crippen LogP contribution in [-0.2, 0) is 14.3 Å². The highest BCUT2D eigenvalue weighted by Crippen LogP contribution is 2.28. The molecule has 1 aliphatic rings. The van der Waals surface area contributed by atoms with Gasteiger partial charge in [0.05, 0.1) is 20.3 Å². The Balaban J connectivity index is 1.84. The number of benzene rings is 2. The molecule has 1 saturated heterocycles. The number of aliphatic hydroxyl groups excluding tert-OH is 1. The van der Waals surface area contributed by atoms with Gasteiger partial charge >= 0.3 is 5.97 Å². The van der Waals surface area contributed by atoms with E-state index in [2.05, 4.69) is 5.32 Å². The number of hydrogen-bond donors (Lipinski definition) is 2. The molecule has 3 atom stereocenters. The van der Waals surface area contributed by atoms with E-state index in [0.717, 1.165) is 11.3 Å². The molecular weight excluding hydrogens is 372 g/mol. The van der Waals surface area contributed by atoms with Crippen molar-refractivity contribution in [2.24, 2.45) is 0 Å². The summed E-state index contributed by atoms with van der Waals surface area (Å²) in [5.74, 6) is -0.239. The van der Waals surface area contributed by atoms with Gasteiger partial charge in [-0.3, -0.25) is 4.79 Å². The van der Waals surface area contributed by atoms with Gasteiger partial charge in [-0.1, -0.05) is 30.3 Å². The van der Waals surface area contributed by atoms with Gasteiger partial charge in [0.1, 0.15) is 11.8 Å². The molecule has 0 saturated carbocycles. The van der Waals surface area contributed by atoms with E-state index in [1.807, 2.05) is 42.5 Å². The van der Waals surface area contributed by atoms with Crippen molar-refractivity contribution in [2.75, 3.05) is 26.1 Å². The first kappa shape index (κ1) is 20.7. The Morgan fingerprint density at radius 2 is 1.79 bits per heavy atom. The molecule has 154 valence electrons. The van der Waals surface area contributed by atoms with Crippen molar-refractivity contribution in [3.63, 3.8) is 0 Å². The Hall–Kier alpha value is -3.06. The Labute approximate surface area is 170 Å². The molecule has 0 bridgehead atoms. The number of aliphatic hydroxyl groups is 1. The number of carbonyl (C=O) groups is 2. The van der Waals surface area contributed by atoms with Gasteiger partial charge in [0.15, 0.2) is 6.10 Å². The van der Waals surface area contributed by atoms with Gasteiger partial charge < -0.3 is 24.8 Å². The molecular formula is C22H26N2O5. The molecule has 1 aliphatic heterocycles. The zero-order valence-electron chi connectivity index (χ0n) is 16.6. The van der Waals surface area contributed by atoms with Crippen molar-refractivity contribution >= 4 is 17.6 Å². The lowest BCUT2D eigenvalue weighted by atomic mass is 9.99. The summed E-state index contributed by atoms with van der Waals surface area (Å²) in [4.78, 5) is 26.5. The monoisotopic (exact) mass is 398 g/mol. The van der Waals surface area contributed by atoms with Crippen LogP contribution in [0.3, 0.4) is 0 Å². The minimum atomic E-state index is -1.37. The van der Waals surface area contributed by atoms with Crippen LogP contribution < -0.4 is 10.1 Å². The maximum absolute atomic E-state index is 13.1. The zero-order valence-corrected chi connectivity index (χ0v) is 16.6. The van der Waals surface area contributed by atoms with Crippen molar-refractivity contribution in [1.82, 2.24) is 4.90 Å². The predicted octanol–water partition coefficient (Wildman–Crippen LogP) is 2.37. The Kier molecular flexibility index (Phi) is 6.72. The predicted molar refractivity (Wildman–Crippen MR) is 109 cm³/mol. The molecule has 1 fully saturated rings. The van der Waals surface area contributed by atoms with Gasteiger partial charge in [-0.2, -0.15) is 0 Å². The summed E-state index contributed by atoms with van der Waals surface area (Å²) in [6.07, 6.45) is -0.141. The summed E-state index contributed by atoms with van der Waals surface area (Å²) in [5.41, 5.74) is 1.50. The second-order valence-corrected chi connectivity index (χ2v) is 6.92. The average Bonchev–Trinajstić information content (AvgIpc) is 3.27. The maximum Gasteiger partial charge on any atom is 0.328 e. The highest BCUT2D eigenvalue weighted by atomic mass is 16.5. The largest absolute Gasteiger partial charge is 0.497 e. The lowest BCUT2D eigenvalue weighted by Crippen LogP contribution is -2.48. The van der Waals surface area contributed by atoms with Crippen LogP contribution in [0.25, 0.3) is 0 Å². The number of anilines is 1. The van der Waals surface area contributed by atoms with E-state index in [9.17, 15) is 14.7 Å². The summed E-state index contributed by atoms with van der Waals surface area (Å²) in [5, 5.41) is 14.2. The quantitative estimate of drug-likeness (QED) is 0.697. The van der Waals surface area contributed by atoms with Crippen LogP contribution in [0.4, 0.5) is 5.69 Å². The third-order valence-corrected chi connectivity index (χ3v) is 5.15. The van der Waals surface area contributed by atoms with E-state index in [1.165, 1.54) is 12.0 Å². The molecule has 3 rings (SSSR count). The fourth-order valence-electron chi connectivity index (χ4n) is 3.60. The second kappa shape index (κ2) is 9.43. The standard InChI is InChI=1S/C22H26N2O5/c1-28-17-12-10-16(11-13-17)23-19(15-7-4-3-5-8-15)20(25)21(26)24-14-6-9-18(24)22(27)29-2/h3-5,7-8,10-13,18-20,23,25H,6,9,14H2,1-2H3/t18-,19-,20+/m0/s1. The van der Waals surface area contributed by atoms with Crippen LogP contribution in [0, 0.1) is 0 Å². The van der Waals surface area contributed by atoms with Gasteiger partial charge in [0.2, 0.25) is 0 Å². The normalized spacial score (nSPS) is 18.0. The Morgan fingerprint density at radius 1 is 1.10 bits per heavy atom. The SMILES string of the molecule is COC(=O)[C@@H]1CCCN1C(=O)[C@H](O)[C@@H](Nc1ccc(OC)cc1)c1ccccc1. The van der Waals surface area contributed by atoms with Crippen molar-refractivity contribution in [3.8, 4) is 5.75 Å². The second-order valence-electron chi connectivity index (χ2n) is 6.92. The molecule has 29 heavy (non-hydrogen) atoms. The summed E-state index contributed by atoms with van der Waals surface area (Å²) < 4.78 is 9.99. The lowest BCUT2D eigenvalue weighted by molar-refractivity contribution is -0.154. The van der Waals surface area contributed by atoms with Crippen LogP contribution in [0.5, 0.6) is 5.75 Å². The summed E-state index contributed by atoms with van der Waals surface area (Å²) in [7, 11) is 2.89. The van der Waals surface area contributed by atoms with Crippen molar-refractivity contribution < 1.29 is 24.2 Å². The fourth-order valence-corrected chi connectivity index (χ4v) is 3.60. The van der Waals surface area contributed by atoms with Crippen LogP contribution in [0.2, 0.25) is 0 Å². The van der Waals surface area contributed by atoms with Gasteiger partial charge in [0, 0.05) is 12.2 Å². The number of rotatable bonds is 7. The molecule has 2 aromatic carbocycles. The summed E-state index contributed by atoms with van der Waals surface area (Å²) >= 11 is 0. The number of likely N-dealkylation sites (tertiary alicyclic amines) is 1. The van der Waals surface area contributed by atoms with Gasteiger partial charge in [-0.05, 0) is 42.7 Å². The van der Waals surface area contributed by atoms with Crippen LogP contribution in [0.1, 0.15) is 24.4 Å². The zero-order chi connectivity index (χ0) is 20.8. The molecule has 2 N–H and O–H groups in total. The molecule has 7 heteroatoms. The van der Waals surface area contributed by atoms with E-state index in [1.54, 1.807) is 19.2 Å². The molecule has 0 aliphatic carbocycles. The molecule has 7 nitrogen and oxygen atoms in total. The van der Waals surface area contributed by atoms with Gasteiger partial charge in [-0.25, -0.2) is 4.79 Å². The van der Waals surface area contributed by atoms with E-state index in [0.29, 0.717) is 25.1 Å². The Morgan fingerprint density at radius 3 is 2.41 bits per heavy atom. The van der Waals surface area contributed by atoms with Crippen LogP contribution in [0.15, 0.2) is 54.6 Å². The first-order valence-electron chi connectivity index (χ1n) is 9.57. The third-order valence-electron chi connectivity index (χ3n) is 5.15. The number of nitrogens with zero attached hydrogens (tertiary/aromatic N) is 1. The number of carbonyl (C=O) groups excluding carboxylic acids is 2. The molecule has 1 amide bonds. The smallest absolute Gasteiger partial charge is 0.328 e. The van der Waals surface area contributed by atoms with Crippen LogP contribution in [-0.4, -0.2) is 54.8 Å². The maximum atomic E-state index is 13.1. The molecule has 0 unspecified atom stereocenters. The number of nitrogens with one attached hydrogen (secondary N) is 1. The molecule has 0 radical (unpaired) electrons. The lowest BCUT2D eigenvalue weighted by Gasteiger charge is -2.30. The number of esters is 1. The average molecular weight is 398 g/mol. The van der Waals surface area contributed by atoms with E-state index >= 15 is 0 Å². The summed E-state index contributed by atoms with van der Waals surface area (Å²) in [6, 6.07) is 15.2. The summed E-state index contributed by atoms with van der Waals surface area (Å²) in [6.45, 7) is 0.416. The Bertz CT molecular complexity index is 825. The van der Waals surface area contributed by atoms with Gasteiger partial charge in [-0.15, -0.1) is 0 Å². The van der Waals surface area contributed by atoms with Crippen molar-refractivity contribution in [2.45, 2.75) is 31.0 Å². The number of amides is 1.